The molecular weight excluding hydrogens is 282 g/mol. The molecule has 0 unspecified atom stereocenters. The maximum Gasteiger partial charge on any atom is 0.0938 e. The van der Waals surface area contributed by atoms with Gasteiger partial charge in [-0.2, -0.15) is 0 Å². The number of rotatable bonds is 4. The Morgan fingerprint density at radius 1 is 0.696 bits per heavy atom. The highest BCUT2D eigenvalue weighted by Gasteiger charge is 2.15. The molecule has 23 heavy (non-hydrogen) atoms. The average Bonchev–Trinajstić information content (AvgIpc) is 2.62. The maximum absolute atomic E-state index is 10.4. The van der Waals surface area contributed by atoms with Crippen LogP contribution in [0.1, 0.15) is 18.6 Å². The molecule has 2 nitrogen and oxygen atoms in total. The van der Waals surface area contributed by atoms with Crippen molar-refractivity contribution >= 4 is 0 Å². The number of hydrogen-bond acceptors (Lipinski definition) is 2. The zero-order valence-electron chi connectivity index (χ0n) is 13.2. The fraction of sp³-hybridized carbons (Fsp3) is 0.143. The zero-order valence-corrected chi connectivity index (χ0v) is 13.2. The van der Waals surface area contributed by atoms with Crippen molar-refractivity contribution in [3.8, 4) is 22.3 Å². The minimum Gasteiger partial charge on any atom is -0.387 e. The Balaban J connectivity index is 2.15. The van der Waals surface area contributed by atoms with Gasteiger partial charge in [-0.25, -0.2) is 0 Å². The number of hydrogen-bond donors (Lipinski definition) is 2. The lowest BCUT2D eigenvalue weighted by Crippen LogP contribution is -2.24. The third kappa shape index (κ3) is 3.50. The molecule has 0 heterocycles. The van der Waals surface area contributed by atoms with E-state index in [2.05, 4.69) is 30.3 Å². The first-order chi connectivity index (χ1) is 11.1. The van der Waals surface area contributed by atoms with E-state index in [0.717, 1.165) is 27.8 Å². The predicted octanol–water partition coefficient (Wildman–Crippen LogP) is 4.40. The van der Waals surface area contributed by atoms with Gasteiger partial charge in [-0.05, 0) is 52.9 Å². The van der Waals surface area contributed by atoms with Crippen LogP contribution in [0.3, 0.4) is 0 Å². The smallest absolute Gasteiger partial charge is 0.0938 e. The van der Waals surface area contributed by atoms with Gasteiger partial charge in [-0.15, -0.1) is 0 Å². The van der Waals surface area contributed by atoms with Gasteiger partial charge < -0.3 is 10.8 Å². The molecule has 0 aliphatic heterocycles. The van der Waals surface area contributed by atoms with Crippen LogP contribution >= 0.6 is 0 Å². The summed E-state index contributed by atoms with van der Waals surface area (Å²) in [5, 5.41) is 10.4. The van der Waals surface area contributed by atoms with Crippen LogP contribution in [0.15, 0.2) is 78.9 Å². The van der Waals surface area contributed by atoms with E-state index in [1.165, 1.54) is 0 Å². The van der Waals surface area contributed by atoms with E-state index in [1.807, 2.05) is 55.5 Å². The third-order valence-corrected chi connectivity index (χ3v) is 4.01. The first-order valence-corrected chi connectivity index (χ1v) is 7.84. The Morgan fingerprint density at radius 3 is 1.52 bits per heavy atom. The van der Waals surface area contributed by atoms with Crippen LogP contribution in [0.25, 0.3) is 22.3 Å². The van der Waals surface area contributed by atoms with Gasteiger partial charge >= 0.3 is 0 Å². The lowest BCUT2D eigenvalue weighted by molar-refractivity contribution is 0.153. The monoisotopic (exact) mass is 303 g/mol. The van der Waals surface area contributed by atoms with Crippen LogP contribution in [0.5, 0.6) is 0 Å². The van der Waals surface area contributed by atoms with Crippen LogP contribution in [0, 0.1) is 0 Å². The summed E-state index contributed by atoms with van der Waals surface area (Å²) in [7, 11) is 0. The van der Waals surface area contributed by atoms with Gasteiger partial charge in [0.15, 0.2) is 0 Å². The van der Waals surface area contributed by atoms with E-state index in [0.29, 0.717) is 0 Å². The Labute approximate surface area is 137 Å². The Kier molecular flexibility index (Phi) is 4.56. The third-order valence-electron chi connectivity index (χ3n) is 4.01. The summed E-state index contributed by atoms with van der Waals surface area (Å²) in [5.74, 6) is 0. The second-order valence-electron chi connectivity index (χ2n) is 5.88. The molecule has 3 N–H and O–H groups in total. The maximum atomic E-state index is 10.4. The molecule has 0 aliphatic rings. The molecule has 2 heteroatoms. The quantitative estimate of drug-likeness (QED) is 0.750. The van der Waals surface area contributed by atoms with E-state index in [9.17, 15) is 5.11 Å². The van der Waals surface area contributed by atoms with Crippen molar-refractivity contribution in [3.63, 3.8) is 0 Å². The Morgan fingerprint density at radius 2 is 1.13 bits per heavy atom. The topological polar surface area (TPSA) is 46.2 Å². The zero-order chi connectivity index (χ0) is 16.2. The van der Waals surface area contributed by atoms with Crippen molar-refractivity contribution in [2.45, 2.75) is 19.1 Å². The molecule has 0 aromatic heterocycles. The van der Waals surface area contributed by atoms with E-state index in [-0.39, 0.29) is 6.04 Å². The molecule has 0 saturated heterocycles. The number of aliphatic hydroxyl groups is 1. The van der Waals surface area contributed by atoms with E-state index in [4.69, 9.17) is 5.73 Å². The molecule has 2 atom stereocenters. The van der Waals surface area contributed by atoms with Gasteiger partial charge in [-0.3, -0.25) is 0 Å². The first kappa shape index (κ1) is 15.5. The summed E-state index contributed by atoms with van der Waals surface area (Å²) in [6.45, 7) is 1.82. The van der Waals surface area contributed by atoms with Gasteiger partial charge in [0.25, 0.3) is 0 Å². The Hall–Kier alpha value is -2.42. The molecule has 0 spiro atoms. The average molecular weight is 303 g/mol. The molecule has 3 rings (SSSR count). The first-order valence-electron chi connectivity index (χ1n) is 7.84. The van der Waals surface area contributed by atoms with E-state index < -0.39 is 6.10 Å². The fourth-order valence-corrected chi connectivity index (χ4v) is 2.72. The SMILES string of the molecule is C[C@@H](N)[C@@H](O)c1cc(-c2ccccc2)cc(-c2ccccc2)c1. The molecule has 0 aliphatic carbocycles. The molecule has 3 aromatic rings. The van der Waals surface area contributed by atoms with E-state index >= 15 is 0 Å². The van der Waals surface area contributed by atoms with Crippen molar-refractivity contribution in [2.24, 2.45) is 5.73 Å². The molecule has 0 amide bonds. The van der Waals surface area contributed by atoms with Crippen LogP contribution in [-0.2, 0) is 0 Å². The summed E-state index contributed by atoms with van der Waals surface area (Å²) in [5.41, 5.74) is 11.2. The highest BCUT2D eigenvalue weighted by Crippen LogP contribution is 2.31. The van der Waals surface area contributed by atoms with Gasteiger partial charge in [0.05, 0.1) is 6.10 Å². The van der Waals surface area contributed by atoms with Crippen molar-refractivity contribution in [3.05, 3.63) is 84.4 Å². The van der Waals surface area contributed by atoms with Gasteiger partial charge in [0.1, 0.15) is 0 Å². The molecular formula is C21H21NO. The second-order valence-corrected chi connectivity index (χ2v) is 5.88. The normalized spacial score (nSPS) is 13.5. The summed E-state index contributed by atoms with van der Waals surface area (Å²) in [4.78, 5) is 0. The van der Waals surface area contributed by atoms with Crippen LogP contribution in [0.2, 0.25) is 0 Å². The summed E-state index contributed by atoms with van der Waals surface area (Å²) in [6, 6.07) is 26.3. The Bertz CT molecular complexity index is 709. The summed E-state index contributed by atoms with van der Waals surface area (Å²) >= 11 is 0. The highest BCUT2D eigenvalue weighted by molar-refractivity contribution is 5.74. The van der Waals surface area contributed by atoms with Gasteiger partial charge in [0, 0.05) is 6.04 Å². The van der Waals surface area contributed by atoms with Crippen LogP contribution in [-0.4, -0.2) is 11.1 Å². The predicted molar refractivity (Wildman–Crippen MR) is 95.9 cm³/mol. The molecule has 116 valence electrons. The molecule has 0 fully saturated rings. The largest absolute Gasteiger partial charge is 0.387 e. The number of nitrogens with two attached hydrogens (primary N) is 1. The lowest BCUT2D eigenvalue weighted by Gasteiger charge is -2.18. The van der Waals surface area contributed by atoms with Crippen molar-refractivity contribution in [1.82, 2.24) is 0 Å². The highest BCUT2D eigenvalue weighted by atomic mass is 16.3. The minimum atomic E-state index is -0.680. The van der Waals surface area contributed by atoms with Crippen molar-refractivity contribution in [2.75, 3.05) is 0 Å². The van der Waals surface area contributed by atoms with Crippen molar-refractivity contribution in [1.29, 1.82) is 0 Å². The summed E-state index contributed by atoms with van der Waals surface area (Å²) < 4.78 is 0. The van der Waals surface area contributed by atoms with Crippen molar-refractivity contribution < 1.29 is 5.11 Å². The van der Waals surface area contributed by atoms with Gasteiger partial charge in [0.2, 0.25) is 0 Å². The lowest BCUT2D eigenvalue weighted by atomic mass is 9.93. The molecule has 0 bridgehead atoms. The number of benzene rings is 3. The second kappa shape index (κ2) is 6.78. The fourth-order valence-electron chi connectivity index (χ4n) is 2.72. The summed E-state index contributed by atoms with van der Waals surface area (Å²) in [6.07, 6.45) is -0.680. The molecule has 3 aromatic carbocycles. The molecule has 0 saturated carbocycles. The number of aliphatic hydroxyl groups excluding tert-OH is 1. The van der Waals surface area contributed by atoms with E-state index in [1.54, 1.807) is 0 Å². The van der Waals surface area contributed by atoms with Crippen LogP contribution in [0.4, 0.5) is 0 Å². The minimum absolute atomic E-state index is 0.315. The van der Waals surface area contributed by atoms with Crippen LogP contribution < -0.4 is 5.73 Å². The standard InChI is InChI=1S/C21H21NO/c1-15(22)21(23)20-13-18(16-8-4-2-5-9-16)12-19(14-20)17-10-6-3-7-11-17/h2-15,21,23H,22H2,1H3/t15-,21-/m1/s1. The molecule has 0 radical (unpaired) electrons. The van der Waals surface area contributed by atoms with Gasteiger partial charge in [-0.1, -0.05) is 60.7 Å².